The average Bonchev–Trinajstić information content (AvgIpc) is 2.74. The fourth-order valence-electron chi connectivity index (χ4n) is 4.08. The van der Waals surface area contributed by atoms with Gasteiger partial charge in [0.2, 0.25) is 11.8 Å². The molecule has 0 radical (unpaired) electrons. The highest BCUT2D eigenvalue weighted by Crippen LogP contribution is 2.22. The Morgan fingerprint density at radius 1 is 0.931 bits per heavy atom. The highest BCUT2D eigenvalue weighted by Gasteiger charge is 2.29. The van der Waals surface area contributed by atoms with Gasteiger partial charge in [0, 0.05) is 42.2 Å². The molecule has 6 nitrogen and oxygen atoms in total. The maximum absolute atomic E-state index is 12.8. The third-order valence-electron chi connectivity index (χ3n) is 6.03. The summed E-state index contributed by atoms with van der Waals surface area (Å²) in [5.74, 6) is 0.0206. The minimum absolute atomic E-state index is 0.00889. The quantitative estimate of drug-likeness (QED) is 0.794. The largest absolute Gasteiger partial charge is 0.353 e. The second-order valence-corrected chi connectivity index (χ2v) is 8.63. The zero-order valence-electron chi connectivity index (χ0n) is 17.6. The van der Waals surface area contributed by atoms with Crippen LogP contribution in [0.4, 0.5) is 5.69 Å². The van der Waals surface area contributed by atoms with Crippen LogP contribution in [0.15, 0.2) is 24.3 Å². The summed E-state index contributed by atoms with van der Waals surface area (Å²) in [6.45, 7) is 4.89. The van der Waals surface area contributed by atoms with Gasteiger partial charge in [-0.1, -0.05) is 33.1 Å². The summed E-state index contributed by atoms with van der Waals surface area (Å²) in [6.07, 6.45) is 7.31. The first-order valence-electron chi connectivity index (χ1n) is 10.9. The standard InChI is InChI=1S/C23H33N3O3/c1-16(2)21(27)24-20-10-8-18(9-11-20)23(29)26-14-12-17(13-15-26)22(28)25-19-6-4-3-5-7-19/h8-11,16-17,19H,3-7,12-15H2,1-2H3,(H,24,27)(H,25,28). The topological polar surface area (TPSA) is 78.5 Å². The number of amides is 3. The van der Waals surface area contributed by atoms with Crippen LogP contribution in [-0.2, 0) is 9.59 Å². The lowest BCUT2D eigenvalue weighted by Gasteiger charge is -2.33. The molecular formula is C23H33N3O3. The van der Waals surface area contributed by atoms with E-state index in [0.717, 1.165) is 12.8 Å². The molecule has 1 saturated carbocycles. The van der Waals surface area contributed by atoms with E-state index in [2.05, 4.69) is 10.6 Å². The Labute approximate surface area is 173 Å². The van der Waals surface area contributed by atoms with Crippen molar-refractivity contribution in [3.8, 4) is 0 Å². The summed E-state index contributed by atoms with van der Waals surface area (Å²) in [5, 5.41) is 6.05. The first-order chi connectivity index (χ1) is 13.9. The van der Waals surface area contributed by atoms with E-state index in [9.17, 15) is 14.4 Å². The molecule has 1 aromatic carbocycles. The summed E-state index contributed by atoms with van der Waals surface area (Å²) in [4.78, 5) is 38.9. The van der Waals surface area contributed by atoms with E-state index in [1.54, 1.807) is 24.3 Å². The number of anilines is 1. The van der Waals surface area contributed by atoms with E-state index in [-0.39, 0.29) is 29.6 Å². The van der Waals surface area contributed by atoms with E-state index >= 15 is 0 Å². The lowest BCUT2D eigenvalue weighted by molar-refractivity contribution is -0.127. The first-order valence-corrected chi connectivity index (χ1v) is 10.9. The first kappa shape index (κ1) is 21.3. The summed E-state index contributed by atoms with van der Waals surface area (Å²) >= 11 is 0. The van der Waals surface area contributed by atoms with Crippen molar-refractivity contribution < 1.29 is 14.4 Å². The molecule has 0 unspecified atom stereocenters. The average molecular weight is 400 g/mol. The molecule has 6 heteroatoms. The molecule has 3 amide bonds. The Kier molecular flexibility index (Phi) is 7.29. The molecule has 1 saturated heterocycles. The molecule has 1 heterocycles. The van der Waals surface area contributed by atoms with Crippen LogP contribution < -0.4 is 10.6 Å². The van der Waals surface area contributed by atoms with Gasteiger partial charge in [0.15, 0.2) is 0 Å². The van der Waals surface area contributed by atoms with E-state index in [1.165, 1.54) is 19.3 Å². The van der Waals surface area contributed by atoms with Crippen LogP contribution in [-0.4, -0.2) is 41.8 Å². The Morgan fingerprint density at radius 3 is 2.14 bits per heavy atom. The maximum atomic E-state index is 12.8. The molecule has 0 atom stereocenters. The molecule has 1 aromatic rings. The van der Waals surface area contributed by atoms with Gasteiger partial charge in [-0.15, -0.1) is 0 Å². The van der Waals surface area contributed by atoms with Crippen LogP contribution in [0.2, 0.25) is 0 Å². The number of hydrogen-bond acceptors (Lipinski definition) is 3. The fraction of sp³-hybridized carbons (Fsp3) is 0.609. The monoisotopic (exact) mass is 399 g/mol. The smallest absolute Gasteiger partial charge is 0.253 e. The van der Waals surface area contributed by atoms with Crippen molar-refractivity contribution in [2.24, 2.45) is 11.8 Å². The fourth-order valence-corrected chi connectivity index (χ4v) is 4.08. The lowest BCUT2D eigenvalue weighted by Crippen LogP contribution is -2.45. The van der Waals surface area contributed by atoms with Gasteiger partial charge in [-0.2, -0.15) is 0 Å². The highest BCUT2D eigenvalue weighted by molar-refractivity contribution is 5.96. The molecule has 1 aliphatic heterocycles. The van der Waals surface area contributed by atoms with E-state index in [0.29, 0.717) is 43.2 Å². The third-order valence-corrected chi connectivity index (χ3v) is 6.03. The second-order valence-electron chi connectivity index (χ2n) is 8.63. The summed E-state index contributed by atoms with van der Waals surface area (Å²) in [7, 11) is 0. The molecule has 2 aliphatic rings. The van der Waals surface area contributed by atoms with Gasteiger partial charge in [-0.25, -0.2) is 0 Å². The van der Waals surface area contributed by atoms with Crippen molar-refractivity contribution in [1.82, 2.24) is 10.2 Å². The number of benzene rings is 1. The number of nitrogens with one attached hydrogen (secondary N) is 2. The van der Waals surface area contributed by atoms with Crippen LogP contribution in [0.5, 0.6) is 0 Å². The summed E-state index contributed by atoms with van der Waals surface area (Å²) < 4.78 is 0. The number of likely N-dealkylation sites (tertiary alicyclic amines) is 1. The number of rotatable bonds is 5. The molecule has 0 bridgehead atoms. The Morgan fingerprint density at radius 2 is 1.55 bits per heavy atom. The second kappa shape index (κ2) is 9.90. The minimum Gasteiger partial charge on any atom is -0.353 e. The number of nitrogens with zero attached hydrogens (tertiary/aromatic N) is 1. The van der Waals surface area contributed by atoms with Crippen molar-refractivity contribution in [3.63, 3.8) is 0 Å². The van der Waals surface area contributed by atoms with Gasteiger partial charge < -0.3 is 15.5 Å². The van der Waals surface area contributed by atoms with Crippen molar-refractivity contribution in [2.75, 3.05) is 18.4 Å². The summed E-state index contributed by atoms with van der Waals surface area (Å²) in [6, 6.07) is 7.36. The molecule has 0 aromatic heterocycles. The highest BCUT2D eigenvalue weighted by atomic mass is 16.2. The molecule has 29 heavy (non-hydrogen) atoms. The molecule has 0 spiro atoms. The molecule has 3 rings (SSSR count). The number of carbonyl (C=O) groups excluding carboxylic acids is 3. The Hall–Kier alpha value is -2.37. The van der Waals surface area contributed by atoms with Gasteiger partial charge in [0.25, 0.3) is 5.91 Å². The normalized spacial score (nSPS) is 18.5. The number of piperidine rings is 1. The Balaban J connectivity index is 1.48. The molecular weight excluding hydrogens is 366 g/mol. The van der Waals surface area contributed by atoms with Crippen molar-refractivity contribution in [1.29, 1.82) is 0 Å². The van der Waals surface area contributed by atoms with Gasteiger partial charge in [-0.05, 0) is 49.9 Å². The molecule has 1 aliphatic carbocycles. The molecule has 158 valence electrons. The molecule has 2 N–H and O–H groups in total. The Bertz CT molecular complexity index is 715. The van der Waals surface area contributed by atoms with E-state index in [1.807, 2.05) is 18.7 Å². The number of carbonyl (C=O) groups is 3. The van der Waals surface area contributed by atoms with Crippen LogP contribution >= 0.6 is 0 Å². The van der Waals surface area contributed by atoms with Crippen molar-refractivity contribution in [2.45, 2.75) is 64.8 Å². The van der Waals surface area contributed by atoms with Crippen LogP contribution in [0.3, 0.4) is 0 Å². The van der Waals surface area contributed by atoms with Crippen LogP contribution in [0, 0.1) is 11.8 Å². The molecule has 2 fully saturated rings. The predicted molar refractivity (Wildman–Crippen MR) is 114 cm³/mol. The van der Waals surface area contributed by atoms with Crippen LogP contribution in [0.1, 0.15) is 69.2 Å². The van der Waals surface area contributed by atoms with Gasteiger partial charge in [0.05, 0.1) is 0 Å². The lowest BCUT2D eigenvalue weighted by atomic mass is 9.92. The van der Waals surface area contributed by atoms with Crippen molar-refractivity contribution in [3.05, 3.63) is 29.8 Å². The van der Waals surface area contributed by atoms with E-state index in [4.69, 9.17) is 0 Å². The van der Waals surface area contributed by atoms with E-state index < -0.39 is 0 Å². The zero-order chi connectivity index (χ0) is 20.8. The summed E-state index contributed by atoms with van der Waals surface area (Å²) in [5.41, 5.74) is 1.30. The third kappa shape index (κ3) is 5.81. The predicted octanol–water partition coefficient (Wildman–Crippen LogP) is 3.58. The SMILES string of the molecule is CC(C)C(=O)Nc1ccc(C(=O)N2CCC(C(=O)NC3CCCCC3)CC2)cc1. The number of hydrogen-bond donors (Lipinski definition) is 2. The van der Waals surface area contributed by atoms with Gasteiger partial charge in [0.1, 0.15) is 0 Å². The maximum Gasteiger partial charge on any atom is 0.253 e. The minimum atomic E-state index is -0.0899. The van der Waals surface area contributed by atoms with Crippen LogP contribution in [0.25, 0.3) is 0 Å². The van der Waals surface area contributed by atoms with Gasteiger partial charge >= 0.3 is 0 Å². The van der Waals surface area contributed by atoms with Gasteiger partial charge in [-0.3, -0.25) is 14.4 Å². The van der Waals surface area contributed by atoms with Crippen molar-refractivity contribution >= 4 is 23.4 Å². The zero-order valence-corrected chi connectivity index (χ0v) is 17.6.